The minimum absolute atomic E-state index is 0.124. The highest BCUT2D eigenvalue weighted by atomic mass is 19.1. The second-order valence-corrected chi connectivity index (χ2v) is 7.90. The van der Waals surface area contributed by atoms with E-state index in [0.29, 0.717) is 28.6 Å². The zero-order valence-electron chi connectivity index (χ0n) is 16.9. The maximum Gasteiger partial charge on any atom is 0.257 e. The smallest absolute Gasteiger partial charge is 0.257 e. The number of aliphatic hydroxyl groups excluding tert-OH is 1. The summed E-state index contributed by atoms with van der Waals surface area (Å²) >= 11 is 0. The fourth-order valence-electron chi connectivity index (χ4n) is 3.89. The Morgan fingerprint density at radius 2 is 1.90 bits per heavy atom. The zero-order valence-corrected chi connectivity index (χ0v) is 16.9. The van der Waals surface area contributed by atoms with Crippen LogP contribution in [0.25, 0.3) is 11.4 Å². The molecule has 1 amide bonds. The largest absolute Gasteiger partial charge is 0.396 e. The molecule has 1 aliphatic rings. The monoisotopic (exact) mass is 401 g/mol. The van der Waals surface area contributed by atoms with Crippen LogP contribution in [0.5, 0.6) is 0 Å². The van der Waals surface area contributed by atoms with Gasteiger partial charge >= 0.3 is 0 Å². The number of nitrogens with one attached hydrogen (secondary N) is 1. The van der Waals surface area contributed by atoms with Crippen LogP contribution < -0.4 is 10.9 Å². The van der Waals surface area contributed by atoms with E-state index in [2.05, 4.69) is 17.2 Å². The Labute approximate surface area is 169 Å². The van der Waals surface area contributed by atoms with Gasteiger partial charge in [-0.2, -0.15) is 0 Å². The molecule has 3 rings (SSSR count). The molecule has 0 unspecified atom stereocenters. The molecule has 7 heteroatoms. The lowest BCUT2D eigenvalue weighted by molar-refractivity contribution is -0.122. The van der Waals surface area contributed by atoms with Gasteiger partial charge in [0.15, 0.2) is 0 Å². The van der Waals surface area contributed by atoms with Crippen LogP contribution in [0.2, 0.25) is 0 Å². The van der Waals surface area contributed by atoms with Gasteiger partial charge in [-0.3, -0.25) is 14.2 Å². The molecule has 0 bridgehead atoms. The molecule has 6 nitrogen and oxygen atoms in total. The van der Waals surface area contributed by atoms with E-state index in [1.54, 1.807) is 19.1 Å². The van der Waals surface area contributed by atoms with Crippen molar-refractivity contribution in [2.24, 2.45) is 5.92 Å². The van der Waals surface area contributed by atoms with Crippen molar-refractivity contribution < 1.29 is 14.3 Å². The molecule has 0 radical (unpaired) electrons. The number of carbonyl (C=O) groups is 1. The highest BCUT2D eigenvalue weighted by molar-refractivity contribution is 5.77. The number of nitrogens with zero attached hydrogens (tertiary/aromatic N) is 2. The van der Waals surface area contributed by atoms with Crippen molar-refractivity contribution in [2.75, 3.05) is 6.61 Å². The minimum atomic E-state index is -0.388. The van der Waals surface area contributed by atoms with Crippen LogP contribution in [-0.4, -0.2) is 33.2 Å². The Kier molecular flexibility index (Phi) is 6.79. The second-order valence-electron chi connectivity index (χ2n) is 7.90. The van der Waals surface area contributed by atoms with Crippen LogP contribution in [-0.2, 0) is 17.8 Å². The summed E-state index contributed by atoms with van der Waals surface area (Å²) in [5, 5.41) is 12.3. The molecule has 1 aromatic heterocycles. The Morgan fingerprint density at radius 3 is 2.52 bits per heavy atom. The summed E-state index contributed by atoms with van der Waals surface area (Å²) < 4.78 is 14.7. The van der Waals surface area contributed by atoms with Crippen molar-refractivity contribution in [3.8, 4) is 11.4 Å². The third-order valence-corrected chi connectivity index (χ3v) is 5.62. The summed E-state index contributed by atoms with van der Waals surface area (Å²) in [6.45, 7) is 3.57. The number of halogens is 1. The number of hydrogen-bond acceptors (Lipinski definition) is 4. The maximum atomic E-state index is 13.3. The van der Waals surface area contributed by atoms with Crippen LogP contribution in [0.3, 0.4) is 0 Å². The minimum Gasteiger partial charge on any atom is -0.396 e. The van der Waals surface area contributed by atoms with Crippen LogP contribution in [0.4, 0.5) is 4.39 Å². The standard InChI is InChI=1S/C22H28FN3O3/c1-14-3-9-18(10-4-14)25-20(28)13-26-21(16-5-7-17(23)8-6-16)24-15(2)19(11-12-27)22(26)29/h5-8,14,18,27H,3-4,9-13H2,1-2H3,(H,25,28). The highest BCUT2D eigenvalue weighted by Crippen LogP contribution is 2.23. The first-order valence-corrected chi connectivity index (χ1v) is 10.2. The quantitative estimate of drug-likeness (QED) is 0.779. The van der Waals surface area contributed by atoms with Gasteiger partial charge in [-0.1, -0.05) is 6.92 Å². The number of carbonyl (C=O) groups excluding carboxylic acids is 1. The molecule has 1 saturated carbocycles. The van der Waals surface area contributed by atoms with E-state index in [4.69, 9.17) is 0 Å². The molecule has 2 N–H and O–H groups in total. The van der Waals surface area contributed by atoms with Gasteiger partial charge in [-0.25, -0.2) is 9.37 Å². The fraction of sp³-hybridized carbons (Fsp3) is 0.500. The normalized spacial score (nSPS) is 19.2. The Hall–Kier alpha value is -2.54. The average molecular weight is 401 g/mol. The van der Waals surface area contributed by atoms with Gasteiger partial charge in [-0.05, 0) is 62.8 Å². The maximum absolute atomic E-state index is 13.3. The van der Waals surface area contributed by atoms with E-state index in [1.165, 1.54) is 16.7 Å². The van der Waals surface area contributed by atoms with Gasteiger partial charge in [0.2, 0.25) is 5.91 Å². The SMILES string of the molecule is Cc1nc(-c2ccc(F)cc2)n(CC(=O)NC2CCC(C)CC2)c(=O)c1CCO. The lowest BCUT2D eigenvalue weighted by atomic mass is 9.87. The second kappa shape index (κ2) is 9.31. The van der Waals surface area contributed by atoms with Crippen molar-refractivity contribution >= 4 is 5.91 Å². The first-order chi connectivity index (χ1) is 13.9. The molecule has 1 aliphatic carbocycles. The Bertz CT molecular complexity index is 916. The predicted molar refractivity (Wildman–Crippen MR) is 109 cm³/mol. The molecule has 2 aromatic rings. The highest BCUT2D eigenvalue weighted by Gasteiger charge is 2.22. The third-order valence-electron chi connectivity index (χ3n) is 5.62. The van der Waals surface area contributed by atoms with E-state index < -0.39 is 0 Å². The van der Waals surface area contributed by atoms with Crippen LogP contribution in [0.1, 0.15) is 43.9 Å². The number of aromatic nitrogens is 2. The van der Waals surface area contributed by atoms with E-state index in [9.17, 15) is 19.1 Å². The van der Waals surface area contributed by atoms with E-state index in [0.717, 1.165) is 25.7 Å². The molecule has 156 valence electrons. The molecule has 1 heterocycles. The molecule has 29 heavy (non-hydrogen) atoms. The summed E-state index contributed by atoms with van der Waals surface area (Å²) in [6, 6.07) is 5.80. The van der Waals surface area contributed by atoms with Gasteiger partial charge in [0.05, 0.1) is 0 Å². The molecule has 0 aliphatic heterocycles. The zero-order chi connectivity index (χ0) is 21.0. The van der Waals surface area contributed by atoms with Crippen LogP contribution in [0, 0.1) is 18.7 Å². The lowest BCUT2D eigenvalue weighted by Gasteiger charge is -2.27. The lowest BCUT2D eigenvalue weighted by Crippen LogP contribution is -2.41. The fourth-order valence-corrected chi connectivity index (χ4v) is 3.89. The molecular weight excluding hydrogens is 373 g/mol. The van der Waals surface area contributed by atoms with E-state index >= 15 is 0 Å². The number of benzene rings is 1. The Morgan fingerprint density at radius 1 is 1.24 bits per heavy atom. The van der Waals surface area contributed by atoms with Gasteiger partial charge in [0.25, 0.3) is 5.56 Å². The molecule has 0 saturated heterocycles. The van der Waals surface area contributed by atoms with Crippen LogP contribution >= 0.6 is 0 Å². The van der Waals surface area contributed by atoms with Crippen molar-refractivity contribution in [1.29, 1.82) is 0 Å². The molecule has 0 atom stereocenters. The summed E-state index contributed by atoms with van der Waals surface area (Å²) in [7, 11) is 0. The van der Waals surface area contributed by atoms with Gasteiger partial charge < -0.3 is 10.4 Å². The summed E-state index contributed by atoms with van der Waals surface area (Å²) in [5.41, 5.74) is 1.10. The summed E-state index contributed by atoms with van der Waals surface area (Å²) in [6.07, 6.45) is 4.21. The van der Waals surface area contributed by atoms with Crippen molar-refractivity contribution in [1.82, 2.24) is 14.9 Å². The number of aliphatic hydroxyl groups is 1. The van der Waals surface area contributed by atoms with Gasteiger partial charge in [-0.15, -0.1) is 0 Å². The predicted octanol–water partition coefficient (Wildman–Crippen LogP) is 2.59. The third kappa shape index (κ3) is 5.09. The van der Waals surface area contributed by atoms with Crippen LogP contribution in [0.15, 0.2) is 29.1 Å². The number of amides is 1. The molecule has 1 aromatic carbocycles. The molecule has 1 fully saturated rings. The molecule has 0 spiro atoms. The van der Waals surface area contributed by atoms with Crippen molar-refractivity contribution in [3.63, 3.8) is 0 Å². The van der Waals surface area contributed by atoms with Crippen molar-refractivity contribution in [2.45, 2.75) is 58.5 Å². The molecular formula is C22H28FN3O3. The summed E-state index contributed by atoms with van der Waals surface area (Å²) in [5.74, 6) is 0.371. The first-order valence-electron chi connectivity index (χ1n) is 10.2. The van der Waals surface area contributed by atoms with E-state index in [1.807, 2.05) is 0 Å². The number of aryl methyl sites for hydroxylation is 1. The van der Waals surface area contributed by atoms with Crippen molar-refractivity contribution in [3.05, 3.63) is 51.7 Å². The number of hydrogen-bond donors (Lipinski definition) is 2. The topological polar surface area (TPSA) is 84.2 Å². The first kappa shape index (κ1) is 21.2. The Balaban J connectivity index is 1.92. The average Bonchev–Trinajstić information content (AvgIpc) is 2.69. The number of rotatable bonds is 6. The van der Waals surface area contributed by atoms with E-state index in [-0.39, 0.29) is 42.9 Å². The van der Waals surface area contributed by atoms with Gasteiger partial charge in [0, 0.05) is 35.9 Å². The van der Waals surface area contributed by atoms with Gasteiger partial charge in [0.1, 0.15) is 18.2 Å². The summed E-state index contributed by atoms with van der Waals surface area (Å²) in [4.78, 5) is 30.3.